The molecule has 2 heterocycles. The smallest absolute Gasteiger partial charge is 0.137 e. The second kappa shape index (κ2) is 5.78. The minimum absolute atomic E-state index is 0.0438. The van der Waals surface area contributed by atoms with Crippen molar-refractivity contribution < 1.29 is 0 Å². The molecule has 118 valence electrons. The van der Waals surface area contributed by atoms with Gasteiger partial charge in [-0.2, -0.15) is 0 Å². The highest BCUT2D eigenvalue weighted by atomic mass is 32.1. The molecule has 0 fully saturated rings. The monoisotopic (exact) mass is 323 g/mol. The van der Waals surface area contributed by atoms with Gasteiger partial charge in [-0.3, -0.25) is 4.40 Å². The van der Waals surface area contributed by atoms with Crippen LogP contribution in [0, 0.1) is 20.8 Å². The summed E-state index contributed by atoms with van der Waals surface area (Å²) in [6.45, 7) is 8.36. The number of thiocarbonyl (C=S) groups is 1. The summed E-state index contributed by atoms with van der Waals surface area (Å²) >= 11 is 5.27. The van der Waals surface area contributed by atoms with Gasteiger partial charge in [-0.15, -0.1) is 0 Å². The molecule has 0 radical (unpaired) electrons. The molecule has 3 aromatic rings. The summed E-state index contributed by atoms with van der Waals surface area (Å²) in [6, 6.07) is 12.6. The fourth-order valence-electron chi connectivity index (χ4n) is 2.92. The molecular formula is C19H21N3S. The van der Waals surface area contributed by atoms with E-state index >= 15 is 0 Å². The van der Waals surface area contributed by atoms with E-state index in [9.17, 15) is 0 Å². The van der Waals surface area contributed by atoms with Crippen LogP contribution in [0.3, 0.4) is 0 Å². The van der Waals surface area contributed by atoms with Crippen molar-refractivity contribution in [1.82, 2.24) is 9.38 Å². The zero-order chi connectivity index (χ0) is 16.7. The van der Waals surface area contributed by atoms with E-state index in [2.05, 4.69) is 49.4 Å². The van der Waals surface area contributed by atoms with Crippen LogP contribution in [0.15, 0.2) is 36.4 Å². The molecule has 0 saturated carbocycles. The topological polar surface area (TPSA) is 43.3 Å². The van der Waals surface area contributed by atoms with Crippen molar-refractivity contribution in [3.63, 3.8) is 0 Å². The van der Waals surface area contributed by atoms with Crippen molar-refractivity contribution in [1.29, 1.82) is 0 Å². The predicted octanol–water partition coefficient (Wildman–Crippen LogP) is 4.32. The summed E-state index contributed by atoms with van der Waals surface area (Å²) in [5.41, 5.74) is 13.7. The summed E-state index contributed by atoms with van der Waals surface area (Å²) in [5, 5.41) is 0. The van der Waals surface area contributed by atoms with Crippen molar-refractivity contribution in [2.75, 3.05) is 0 Å². The van der Waals surface area contributed by atoms with Crippen LogP contribution in [0.1, 0.15) is 35.4 Å². The lowest BCUT2D eigenvalue weighted by molar-refractivity contribution is 0.908. The first-order chi connectivity index (χ1) is 10.9. The fraction of sp³-hybridized carbons (Fsp3) is 0.263. The second-order valence-corrected chi connectivity index (χ2v) is 6.60. The first-order valence-electron chi connectivity index (χ1n) is 7.75. The average Bonchev–Trinajstić information content (AvgIpc) is 2.90. The number of fused-ring (bicyclic) bond motifs is 1. The molecule has 0 saturated heterocycles. The largest absolute Gasteiger partial charge is 0.393 e. The molecule has 0 spiro atoms. The molecule has 0 amide bonds. The third kappa shape index (κ3) is 2.63. The van der Waals surface area contributed by atoms with Crippen molar-refractivity contribution in [2.24, 2.45) is 5.73 Å². The zero-order valence-electron chi connectivity index (χ0n) is 13.9. The lowest BCUT2D eigenvalue weighted by Crippen LogP contribution is -2.19. The average molecular weight is 323 g/mol. The van der Waals surface area contributed by atoms with Crippen molar-refractivity contribution >= 4 is 22.9 Å². The van der Waals surface area contributed by atoms with Gasteiger partial charge in [0.2, 0.25) is 0 Å². The predicted molar refractivity (Wildman–Crippen MR) is 100 cm³/mol. The standard InChI is InChI=1S/C19H21N3S/c1-11-8-9-15(10-12(11)2)17-18(14(4)19(20)23)22-13(3)6-5-7-16(22)21-17/h5-10,14H,1-4H3,(H2,20,23). The third-order valence-electron chi connectivity index (χ3n) is 4.49. The molecule has 0 bridgehead atoms. The second-order valence-electron chi connectivity index (χ2n) is 6.13. The molecule has 2 N–H and O–H groups in total. The van der Waals surface area contributed by atoms with Gasteiger partial charge in [0.1, 0.15) is 5.65 Å². The maximum absolute atomic E-state index is 5.96. The molecule has 3 nitrogen and oxygen atoms in total. The molecule has 23 heavy (non-hydrogen) atoms. The highest BCUT2D eigenvalue weighted by Crippen LogP contribution is 2.32. The van der Waals surface area contributed by atoms with E-state index in [4.69, 9.17) is 22.9 Å². The molecule has 3 rings (SSSR count). The summed E-state index contributed by atoms with van der Waals surface area (Å²) < 4.78 is 2.16. The Morgan fingerprint density at radius 1 is 1.13 bits per heavy atom. The molecule has 2 aromatic heterocycles. The lowest BCUT2D eigenvalue weighted by Gasteiger charge is -2.14. The Hall–Kier alpha value is -2.20. The Kier molecular flexibility index (Phi) is 3.94. The van der Waals surface area contributed by atoms with E-state index in [1.54, 1.807) is 0 Å². The van der Waals surface area contributed by atoms with Gasteiger partial charge >= 0.3 is 0 Å². The SMILES string of the molecule is Cc1ccc(-c2nc3cccc(C)n3c2C(C)C(N)=S)cc1C. The van der Waals surface area contributed by atoms with Crippen LogP contribution in [0.4, 0.5) is 0 Å². The Labute approximate surface area is 142 Å². The highest BCUT2D eigenvalue weighted by Gasteiger charge is 2.22. The first kappa shape index (κ1) is 15.7. The van der Waals surface area contributed by atoms with E-state index < -0.39 is 0 Å². The minimum Gasteiger partial charge on any atom is -0.393 e. The van der Waals surface area contributed by atoms with Gasteiger partial charge in [-0.25, -0.2) is 4.98 Å². The van der Waals surface area contributed by atoms with E-state index in [1.165, 1.54) is 11.1 Å². The van der Waals surface area contributed by atoms with Gasteiger partial charge in [-0.05, 0) is 50.1 Å². The molecule has 0 aliphatic heterocycles. The van der Waals surface area contributed by atoms with Crippen LogP contribution in [-0.4, -0.2) is 14.4 Å². The lowest BCUT2D eigenvalue weighted by atomic mass is 9.98. The Morgan fingerprint density at radius 3 is 2.52 bits per heavy atom. The molecule has 1 unspecified atom stereocenters. The molecular weight excluding hydrogens is 302 g/mol. The van der Waals surface area contributed by atoms with Gasteiger partial charge in [0.25, 0.3) is 0 Å². The van der Waals surface area contributed by atoms with Gasteiger partial charge < -0.3 is 5.73 Å². The number of nitrogens with zero attached hydrogens (tertiary/aromatic N) is 2. The molecule has 1 aromatic carbocycles. The van der Waals surface area contributed by atoms with Crippen LogP contribution in [0.25, 0.3) is 16.9 Å². The summed E-state index contributed by atoms with van der Waals surface area (Å²) in [6.07, 6.45) is 0. The van der Waals surface area contributed by atoms with Crippen LogP contribution in [0.5, 0.6) is 0 Å². The van der Waals surface area contributed by atoms with E-state index in [0.29, 0.717) is 4.99 Å². The molecule has 0 aliphatic rings. The minimum atomic E-state index is -0.0438. The Balaban J connectivity index is 2.35. The zero-order valence-corrected chi connectivity index (χ0v) is 14.7. The Bertz CT molecular complexity index is 908. The number of pyridine rings is 1. The van der Waals surface area contributed by atoms with Crippen LogP contribution in [0.2, 0.25) is 0 Å². The molecule has 4 heteroatoms. The highest BCUT2D eigenvalue weighted by molar-refractivity contribution is 7.80. The van der Waals surface area contributed by atoms with Crippen LogP contribution in [-0.2, 0) is 0 Å². The number of aromatic nitrogens is 2. The normalized spacial score (nSPS) is 12.5. The van der Waals surface area contributed by atoms with Gasteiger partial charge in [-0.1, -0.05) is 37.3 Å². The number of hydrogen-bond donors (Lipinski definition) is 1. The van der Waals surface area contributed by atoms with Crippen molar-refractivity contribution in [2.45, 2.75) is 33.6 Å². The number of benzene rings is 1. The first-order valence-corrected chi connectivity index (χ1v) is 8.16. The van der Waals surface area contributed by atoms with Gasteiger partial charge in [0.05, 0.1) is 16.4 Å². The molecule has 0 aliphatic carbocycles. The van der Waals surface area contributed by atoms with Gasteiger partial charge in [0, 0.05) is 17.2 Å². The fourth-order valence-corrected chi connectivity index (χ4v) is 3.03. The number of imidazole rings is 1. The maximum atomic E-state index is 5.96. The third-order valence-corrected chi connectivity index (χ3v) is 4.85. The molecule has 1 atom stereocenters. The number of rotatable bonds is 3. The number of aryl methyl sites for hydroxylation is 3. The van der Waals surface area contributed by atoms with Crippen molar-refractivity contribution in [3.8, 4) is 11.3 Å². The summed E-state index contributed by atoms with van der Waals surface area (Å²) in [7, 11) is 0. The number of hydrogen-bond acceptors (Lipinski definition) is 2. The van der Waals surface area contributed by atoms with Crippen molar-refractivity contribution in [3.05, 3.63) is 58.9 Å². The summed E-state index contributed by atoms with van der Waals surface area (Å²) in [5.74, 6) is -0.0438. The van der Waals surface area contributed by atoms with Crippen LogP contribution < -0.4 is 5.73 Å². The quantitative estimate of drug-likeness (QED) is 0.730. The van der Waals surface area contributed by atoms with Gasteiger partial charge in [0.15, 0.2) is 0 Å². The summed E-state index contributed by atoms with van der Waals surface area (Å²) in [4.78, 5) is 5.35. The maximum Gasteiger partial charge on any atom is 0.137 e. The number of nitrogens with two attached hydrogens (primary N) is 1. The van der Waals surface area contributed by atoms with E-state index in [-0.39, 0.29) is 5.92 Å². The Morgan fingerprint density at radius 2 is 1.87 bits per heavy atom. The van der Waals surface area contributed by atoms with E-state index in [0.717, 1.165) is 28.3 Å². The van der Waals surface area contributed by atoms with Crippen LogP contribution >= 0.6 is 12.2 Å². The van der Waals surface area contributed by atoms with E-state index in [1.807, 2.05) is 19.1 Å².